The highest BCUT2D eigenvalue weighted by Gasteiger charge is 2.53. The van der Waals surface area contributed by atoms with Gasteiger partial charge in [0.25, 0.3) is 0 Å². The van der Waals surface area contributed by atoms with Crippen LogP contribution >= 0.6 is 0 Å². The lowest BCUT2D eigenvalue weighted by Gasteiger charge is -2.49. The maximum absolute atomic E-state index is 11.3. The topological polar surface area (TPSA) is 46.2 Å². The van der Waals surface area contributed by atoms with E-state index in [0.29, 0.717) is 18.4 Å². The molecule has 2 fully saturated rings. The van der Waals surface area contributed by atoms with Crippen molar-refractivity contribution in [3.8, 4) is 0 Å². The van der Waals surface area contributed by atoms with E-state index in [1.165, 1.54) is 12.0 Å². The van der Waals surface area contributed by atoms with Gasteiger partial charge in [-0.2, -0.15) is 0 Å². The van der Waals surface area contributed by atoms with Gasteiger partial charge < -0.3 is 10.8 Å². The third kappa shape index (κ3) is 2.64. The summed E-state index contributed by atoms with van der Waals surface area (Å²) < 4.78 is 0. The minimum Gasteiger partial charge on any atom is -0.389 e. The summed E-state index contributed by atoms with van der Waals surface area (Å²) in [6, 6.07) is 10.8. The third-order valence-electron chi connectivity index (χ3n) is 6.32. The number of rotatable bonds is 3. The van der Waals surface area contributed by atoms with Crippen LogP contribution in [0.15, 0.2) is 30.3 Å². The Labute approximate surface area is 128 Å². The van der Waals surface area contributed by atoms with E-state index in [9.17, 15) is 5.11 Å². The average Bonchev–Trinajstić information content (AvgIpc) is 2.92. The maximum atomic E-state index is 11.3. The van der Waals surface area contributed by atoms with Crippen LogP contribution in [0.25, 0.3) is 0 Å². The summed E-state index contributed by atoms with van der Waals surface area (Å²) in [5.74, 6) is 1.32. The highest BCUT2D eigenvalue weighted by atomic mass is 16.3. The number of benzene rings is 1. The molecule has 116 valence electrons. The van der Waals surface area contributed by atoms with E-state index in [1.54, 1.807) is 0 Å². The Morgan fingerprint density at radius 2 is 1.76 bits per heavy atom. The van der Waals surface area contributed by atoms with Crippen LogP contribution in [-0.4, -0.2) is 17.3 Å². The van der Waals surface area contributed by atoms with Crippen molar-refractivity contribution in [3.63, 3.8) is 0 Å². The first kappa shape index (κ1) is 15.1. The van der Waals surface area contributed by atoms with Crippen LogP contribution in [0.4, 0.5) is 0 Å². The molecule has 1 aromatic carbocycles. The first-order chi connectivity index (χ1) is 10.1. The fourth-order valence-electron chi connectivity index (χ4n) is 4.88. The van der Waals surface area contributed by atoms with Gasteiger partial charge in [-0.05, 0) is 55.9 Å². The van der Waals surface area contributed by atoms with Crippen LogP contribution in [0, 0.1) is 11.3 Å². The SMILES string of the molecule is CC1CCC(CN)(C2(O)CCC(c3ccccc3)CC2)C1. The molecule has 0 heterocycles. The Hall–Kier alpha value is -0.860. The van der Waals surface area contributed by atoms with Gasteiger partial charge in [-0.3, -0.25) is 0 Å². The lowest BCUT2D eigenvalue weighted by Crippen LogP contribution is -2.53. The van der Waals surface area contributed by atoms with Crippen molar-refractivity contribution in [1.82, 2.24) is 0 Å². The Morgan fingerprint density at radius 1 is 1.10 bits per heavy atom. The molecule has 0 amide bonds. The first-order valence-corrected chi connectivity index (χ1v) is 8.56. The van der Waals surface area contributed by atoms with Crippen molar-refractivity contribution in [2.75, 3.05) is 6.54 Å². The summed E-state index contributed by atoms with van der Waals surface area (Å²) in [7, 11) is 0. The Morgan fingerprint density at radius 3 is 2.29 bits per heavy atom. The standard InChI is InChI=1S/C19H29NO/c1-15-7-10-18(13-15,14-20)19(21)11-8-17(9-12-19)16-5-3-2-4-6-16/h2-6,15,17,21H,7-14,20H2,1H3. The largest absolute Gasteiger partial charge is 0.389 e. The molecule has 2 atom stereocenters. The predicted molar refractivity (Wildman–Crippen MR) is 87.1 cm³/mol. The van der Waals surface area contributed by atoms with Crippen LogP contribution in [0.1, 0.15) is 63.4 Å². The minimum absolute atomic E-state index is 0.0198. The van der Waals surface area contributed by atoms with Gasteiger partial charge in [-0.25, -0.2) is 0 Å². The van der Waals surface area contributed by atoms with Crippen LogP contribution < -0.4 is 5.73 Å². The Balaban J connectivity index is 1.72. The van der Waals surface area contributed by atoms with Gasteiger partial charge in [0.15, 0.2) is 0 Å². The molecule has 3 rings (SSSR count). The molecule has 2 aliphatic carbocycles. The van der Waals surface area contributed by atoms with E-state index in [1.807, 2.05) is 0 Å². The fourth-order valence-corrected chi connectivity index (χ4v) is 4.88. The molecule has 0 radical (unpaired) electrons. The monoisotopic (exact) mass is 287 g/mol. The van der Waals surface area contributed by atoms with E-state index >= 15 is 0 Å². The molecule has 3 N–H and O–H groups in total. The molecule has 0 aliphatic heterocycles. The summed E-state index contributed by atoms with van der Waals surface area (Å²) in [5, 5.41) is 11.3. The van der Waals surface area contributed by atoms with E-state index in [-0.39, 0.29) is 5.41 Å². The minimum atomic E-state index is -0.530. The second-order valence-electron chi connectivity index (χ2n) is 7.55. The zero-order valence-electron chi connectivity index (χ0n) is 13.2. The molecule has 0 bridgehead atoms. The van der Waals surface area contributed by atoms with Crippen molar-refractivity contribution in [2.45, 2.75) is 63.4 Å². The highest BCUT2D eigenvalue weighted by molar-refractivity contribution is 5.21. The summed E-state index contributed by atoms with van der Waals surface area (Å²) in [5.41, 5.74) is 7.01. The molecule has 1 aromatic rings. The normalized spacial score (nSPS) is 40.3. The smallest absolute Gasteiger partial charge is 0.0716 e. The zero-order chi connectivity index (χ0) is 14.9. The van der Waals surface area contributed by atoms with Gasteiger partial charge in [-0.1, -0.05) is 43.7 Å². The Kier molecular flexibility index (Phi) is 4.11. The maximum Gasteiger partial charge on any atom is 0.0716 e. The van der Waals surface area contributed by atoms with Crippen LogP contribution in [0.3, 0.4) is 0 Å². The van der Waals surface area contributed by atoms with E-state index < -0.39 is 5.60 Å². The van der Waals surface area contributed by atoms with Gasteiger partial charge in [0, 0.05) is 12.0 Å². The average molecular weight is 287 g/mol. The predicted octanol–water partition coefficient (Wildman–Crippen LogP) is 3.84. The summed E-state index contributed by atoms with van der Waals surface area (Å²) in [6.07, 6.45) is 7.45. The molecular weight excluding hydrogens is 258 g/mol. The number of hydrogen-bond donors (Lipinski definition) is 2. The molecule has 2 saturated carbocycles. The van der Waals surface area contributed by atoms with Crippen molar-refractivity contribution < 1.29 is 5.11 Å². The van der Waals surface area contributed by atoms with Crippen LogP contribution in [0.5, 0.6) is 0 Å². The van der Waals surface area contributed by atoms with Crippen molar-refractivity contribution in [3.05, 3.63) is 35.9 Å². The van der Waals surface area contributed by atoms with E-state index in [4.69, 9.17) is 5.73 Å². The molecular formula is C19H29NO. The van der Waals surface area contributed by atoms with E-state index in [0.717, 1.165) is 38.5 Å². The molecule has 2 aliphatic rings. The summed E-state index contributed by atoms with van der Waals surface area (Å²) >= 11 is 0. The van der Waals surface area contributed by atoms with Crippen LogP contribution in [0.2, 0.25) is 0 Å². The first-order valence-electron chi connectivity index (χ1n) is 8.56. The van der Waals surface area contributed by atoms with Gasteiger partial charge in [0.05, 0.1) is 5.60 Å². The van der Waals surface area contributed by atoms with Gasteiger partial charge >= 0.3 is 0 Å². The number of aliphatic hydroxyl groups is 1. The van der Waals surface area contributed by atoms with Crippen molar-refractivity contribution in [2.24, 2.45) is 17.1 Å². The summed E-state index contributed by atoms with van der Waals surface area (Å²) in [6.45, 7) is 2.94. The Bertz CT molecular complexity index is 464. The lowest BCUT2D eigenvalue weighted by molar-refractivity contribution is -0.107. The molecule has 0 spiro atoms. The molecule has 0 saturated heterocycles. The zero-order valence-corrected chi connectivity index (χ0v) is 13.2. The molecule has 2 unspecified atom stereocenters. The van der Waals surface area contributed by atoms with Crippen molar-refractivity contribution in [1.29, 1.82) is 0 Å². The van der Waals surface area contributed by atoms with E-state index in [2.05, 4.69) is 37.3 Å². The van der Waals surface area contributed by atoms with Gasteiger partial charge in [-0.15, -0.1) is 0 Å². The molecule has 0 aromatic heterocycles. The second-order valence-corrected chi connectivity index (χ2v) is 7.55. The molecule has 2 nitrogen and oxygen atoms in total. The summed E-state index contributed by atoms with van der Waals surface area (Å²) in [4.78, 5) is 0. The number of hydrogen-bond acceptors (Lipinski definition) is 2. The molecule has 2 heteroatoms. The van der Waals surface area contributed by atoms with Crippen LogP contribution in [-0.2, 0) is 0 Å². The van der Waals surface area contributed by atoms with Gasteiger partial charge in [0.1, 0.15) is 0 Å². The number of nitrogens with two attached hydrogens (primary N) is 1. The lowest BCUT2D eigenvalue weighted by atomic mass is 9.61. The highest BCUT2D eigenvalue weighted by Crippen LogP contribution is 2.55. The second kappa shape index (κ2) is 5.73. The van der Waals surface area contributed by atoms with Gasteiger partial charge in [0.2, 0.25) is 0 Å². The quantitative estimate of drug-likeness (QED) is 0.887. The third-order valence-corrected chi connectivity index (χ3v) is 6.32. The van der Waals surface area contributed by atoms with Crippen molar-refractivity contribution >= 4 is 0 Å². The molecule has 21 heavy (non-hydrogen) atoms. The fraction of sp³-hybridized carbons (Fsp3) is 0.684.